The number of nitrogens with zero attached hydrogens (tertiary/aromatic N) is 3. The lowest BCUT2D eigenvalue weighted by Gasteiger charge is -2.34. The number of hydrogen-bond donors (Lipinski definition) is 1. The number of nitrogens with one attached hydrogen (secondary N) is 1. The van der Waals surface area contributed by atoms with Gasteiger partial charge in [-0.15, -0.1) is 0 Å². The van der Waals surface area contributed by atoms with Gasteiger partial charge in [0.25, 0.3) is 5.91 Å². The lowest BCUT2D eigenvalue weighted by molar-refractivity contribution is -0.130. The molecule has 0 spiro atoms. The van der Waals surface area contributed by atoms with Crippen molar-refractivity contribution in [1.82, 2.24) is 14.8 Å². The molecule has 2 amide bonds. The monoisotopic (exact) mass is 352 g/mol. The van der Waals surface area contributed by atoms with Crippen LogP contribution in [0.4, 0.5) is 11.5 Å². The second kappa shape index (κ2) is 7.56. The summed E-state index contributed by atoms with van der Waals surface area (Å²) < 4.78 is 0. The van der Waals surface area contributed by atoms with Gasteiger partial charge in [0.1, 0.15) is 5.82 Å². The van der Waals surface area contributed by atoms with E-state index < -0.39 is 0 Å². The van der Waals surface area contributed by atoms with Crippen molar-refractivity contribution in [3.63, 3.8) is 0 Å². The number of pyridine rings is 1. The van der Waals surface area contributed by atoms with Gasteiger partial charge in [0.15, 0.2) is 0 Å². The smallest absolute Gasteiger partial charge is 0.254 e. The Bertz CT molecular complexity index is 826. The fraction of sp³-hybridized carbons (Fsp3) is 0.350. The normalized spacial score (nSPS) is 14.3. The molecule has 26 heavy (non-hydrogen) atoms. The summed E-state index contributed by atoms with van der Waals surface area (Å²) in [5.74, 6) is 0.674. The molecule has 0 bridgehead atoms. The number of anilines is 2. The summed E-state index contributed by atoms with van der Waals surface area (Å²) >= 11 is 0. The molecule has 0 aliphatic carbocycles. The van der Waals surface area contributed by atoms with Crippen molar-refractivity contribution in [3.8, 4) is 0 Å². The van der Waals surface area contributed by atoms with Crippen LogP contribution in [0.25, 0.3) is 0 Å². The summed E-state index contributed by atoms with van der Waals surface area (Å²) in [4.78, 5) is 32.1. The molecule has 0 saturated carbocycles. The molecule has 6 heteroatoms. The molecule has 3 rings (SSSR count). The van der Waals surface area contributed by atoms with Gasteiger partial charge in [-0.05, 0) is 43.2 Å². The number of rotatable bonds is 3. The third-order valence-electron chi connectivity index (χ3n) is 4.67. The first-order chi connectivity index (χ1) is 12.4. The lowest BCUT2D eigenvalue weighted by atomic mass is 10.1. The highest BCUT2D eigenvalue weighted by Gasteiger charge is 2.23. The number of piperazine rings is 1. The zero-order valence-corrected chi connectivity index (χ0v) is 15.5. The summed E-state index contributed by atoms with van der Waals surface area (Å²) in [6, 6.07) is 9.69. The maximum absolute atomic E-state index is 12.8. The Morgan fingerprint density at radius 3 is 2.38 bits per heavy atom. The van der Waals surface area contributed by atoms with E-state index in [1.165, 1.54) is 0 Å². The van der Waals surface area contributed by atoms with Crippen LogP contribution >= 0.6 is 0 Å². The predicted molar refractivity (Wildman–Crippen MR) is 102 cm³/mol. The van der Waals surface area contributed by atoms with Crippen LogP contribution in [0.5, 0.6) is 0 Å². The van der Waals surface area contributed by atoms with E-state index in [0.717, 1.165) is 16.8 Å². The molecule has 2 aromatic rings. The van der Waals surface area contributed by atoms with E-state index >= 15 is 0 Å². The number of carbonyl (C=O) groups is 2. The minimum Gasteiger partial charge on any atom is -0.340 e. The average Bonchev–Trinajstić information content (AvgIpc) is 2.64. The maximum atomic E-state index is 12.8. The first kappa shape index (κ1) is 17.9. The van der Waals surface area contributed by atoms with E-state index in [9.17, 15) is 9.59 Å². The number of benzene rings is 1. The maximum Gasteiger partial charge on any atom is 0.254 e. The van der Waals surface area contributed by atoms with Crippen LogP contribution in [0.1, 0.15) is 28.4 Å². The standard InChI is InChI=1S/C20H24N4O2/c1-14-4-5-15(2)18(12-14)22-19-13-17(6-7-21-19)20(26)24-10-8-23(9-11-24)16(3)25/h4-7,12-13H,8-11H2,1-3H3,(H,21,22). The lowest BCUT2D eigenvalue weighted by Crippen LogP contribution is -2.50. The highest BCUT2D eigenvalue weighted by atomic mass is 16.2. The van der Waals surface area contributed by atoms with Crippen LogP contribution in [-0.4, -0.2) is 52.8 Å². The van der Waals surface area contributed by atoms with E-state index in [2.05, 4.69) is 28.5 Å². The van der Waals surface area contributed by atoms with Crippen molar-refractivity contribution >= 4 is 23.3 Å². The van der Waals surface area contributed by atoms with Crippen LogP contribution < -0.4 is 5.32 Å². The number of amides is 2. The summed E-state index contributed by atoms with van der Waals surface area (Å²) in [5, 5.41) is 3.30. The van der Waals surface area contributed by atoms with Gasteiger partial charge in [0, 0.05) is 50.6 Å². The molecule has 0 unspecified atom stereocenters. The van der Waals surface area contributed by atoms with Crippen molar-refractivity contribution in [2.75, 3.05) is 31.5 Å². The molecule has 0 radical (unpaired) electrons. The van der Waals surface area contributed by atoms with E-state index in [-0.39, 0.29) is 11.8 Å². The van der Waals surface area contributed by atoms with Gasteiger partial charge in [-0.25, -0.2) is 4.98 Å². The van der Waals surface area contributed by atoms with Crippen molar-refractivity contribution in [2.45, 2.75) is 20.8 Å². The number of carbonyl (C=O) groups excluding carboxylic acids is 2. The van der Waals surface area contributed by atoms with Crippen LogP contribution in [-0.2, 0) is 4.79 Å². The van der Waals surface area contributed by atoms with Gasteiger partial charge >= 0.3 is 0 Å². The van der Waals surface area contributed by atoms with Gasteiger partial charge in [0.2, 0.25) is 5.91 Å². The van der Waals surface area contributed by atoms with Crippen LogP contribution in [0.2, 0.25) is 0 Å². The van der Waals surface area contributed by atoms with E-state index in [0.29, 0.717) is 37.6 Å². The Kier molecular flexibility index (Phi) is 5.21. The first-order valence-electron chi connectivity index (χ1n) is 8.79. The molecule has 1 saturated heterocycles. The van der Waals surface area contributed by atoms with Crippen molar-refractivity contribution in [1.29, 1.82) is 0 Å². The zero-order chi connectivity index (χ0) is 18.7. The first-order valence-corrected chi connectivity index (χ1v) is 8.79. The Morgan fingerprint density at radius 2 is 1.69 bits per heavy atom. The van der Waals surface area contributed by atoms with Gasteiger partial charge < -0.3 is 15.1 Å². The number of aromatic nitrogens is 1. The number of hydrogen-bond acceptors (Lipinski definition) is 4. The third-order valence-corrected chi connectivity index (χ3v) is 4.67. The van der Waals surface area contributed by atoms with Crippen LogP contribution in [0.15, 0.2) is 36.5 Å². The summed E-state index contributed by atoms with van der Waals surface area (Å²) in [6.07, 6.45) is 1.65. The average molecular weight is 352 g/mol. The van der Waals surface area contributed by atoms with Crippen molar-refractivity contribution in [2.24, 2.45) is 0 Å². The van der Waals surface area contributed by atoms with E-state index in [4.69, 9.17) is 0 Å². The van der Waals surface area contributed by atoms with E-state index in [1.807, 2.05) is 13.8 Å². The van der Waals surface area contributed by atoms with Crippen LogP contribution in [0, 0.1) is 13.8 Å². The summed E-state index contributed by atoms with van der Waals surface area (Å²) in [6.45, 7) is 7.91. The van der Waals surface area contributed by atoms with Crippen molar-refractivity contribution < 1.29 is 9.59 Å². The van der Waals surface area contributed by atoms with Gasteiger partial charge in [0.05, 0.1) is 0 Å². The Hall–Kier alpha value is -2.89. The Morgan fingerprint density at radius 1 is 1.00 bits per heavy atom. The fourth-order valence-electron chi connectivity index (χ4n) is 3.05. The fourth-order valence-corrected chi connectivity index (χ4v) is 3.05. The predicted octanol–water partition coefficient (Wildman–Crippen LogP) is 2.75. The topological polar surface area (TPSA) is 65.5 Å². The molecular weight excluding hydrogens is 328 g/mol. The minimum atomic E-state index is -0.0281. The molecular formula is C20H24N4O2. The highest BCUT2D eigenvalue weighted by molar-refractivity contribution is 5.95. The Labute approximate surface area is 153 Å². The molecule has 1 N–H and O–H groups in total. The van der Waals surface area contributed by atoms with Gasteiger partial charge in [-0.3, -0.25) is 9.59 Å². The molecule has 1 aromatic carbocycles. The SMILES string of the molecule is CC(=O)N1CCN(C(=O)c2ccnc(Nc3cc(C)ccc3C)c2)CC1. The molecule has 0 atom stereocenters. The summed E-state index contributed by atoms with van der Waals surface area (Å²) in [7, 11) is 0. The highest BCUT2D eigenvalue weighted by Crippen LogP contribution is 2.21. The van der Waals surface area contributed by atoms with Crippen molar-refractivity contribution in [3.05, 3.63) is 53.2 Å². The molecule has 1 fully saturated rings. The van der Waals surface area contributed by atoms with Gasteiger partial charge in [-0.2, -0.15) is 0 Å². The Balaban J connectivity index is 1.72. The largest absolute Gasteiger partial charge is 0.340 e. The molecule has 1 aromatic heterocycles. The molecule has 1 aliphatic rings. The van der Waals surface area contributed by atoms with Crippen LogP contribution in [0.3, 0.4) is 0 Å². The number of aryl methyl sites for hydroxylation is 2. The molecule has 1 aliphatic heterocycles. The second-order valence-electron chi connectivity index (χ2n) is 6.67. The molecule has 2 heterocycles. The minimum absolute atomic E-state index is 0.0281. The molecule has 6 nitrogen and oxygen atoms in total. The van der Waals surface area contributed by atoms with E-state index in [1.54, 1.807) is 35.1 Å². The third kappa shape index (κ3) is 4.02. The summed E-state index contributed by atoms with van der Waals surface area (Å²) in [5.41, 5.74) is 3.87. The quantitative estimate of drug-likeness (QED) is 0.922. The van der Waals surface area contributed by atoms with Gasteiger partial charge in [-0.1, -0.05) is 12.1 Å². The zero-order valence-electron chi connectivity index (χ0n) is 15.5. The molecule has 136 valence electrons. The second-order valence-corrected chi connectivity index (χ2v) is 6.67.